The van der Waals surface area contributed by atoms with E-state index in [1.165, 1.54) is 6.08 Å². The molecule has 0 spiro atoms. The first kappa shape index (κ1) is 25.8. The molecule has 0 saturated heterocycles. The van der Waals surface area contributed by atoms with Crippen LogP contribution in [0.1, 0.15) is 33.6 Å². The van der Waals surface area contributed by atoms with E-state index in [4.69, 9.17) is 5.11 Å². The number of rotatable bonds is 3. The topological polar surface area (TPSA) is 20.2 Å². The van der Waals surface area contributed by atoms with E-state index in [-0.39, 0.29) is 6.61 Å². The van der Waals surface area contributed by atoms with Crippen LogP contribution in [-0.4, -0.2) is 11.7 Å². The fourth-order valence-electron chi connectivity index (χ4n) is 0.353. The fraction of sp³-hybridized carbons (Fsp3) is 0.333. The minimum atomic E-state index is 0.0451. The van der Waals surface area contributed by atoms with Crippen molar-refractivity contribution in [3.8, 4) is 0 Å². The monoisotopic (exact) mass is 260 g/mol. The third kappa shape index (κ3) is 124. The number of hydrogen-bond donors (Lipinski definition) is 1. The Labute approximate surface area is 119 Å². The van der Waals surface area contributed by atoms with Gasteiger partial charge in [-0.1, -0.05) is 40.2 Å². The van der Waals surface area contributed by atoms with Gasteiger partial charge in [-0.2, -0.15) is 0 Å². The van der Waals surface area contributed by atoms with Gasteiger partial charge in [-0.25, -0.2) is 0 Å². The Morgan fingerprint density at radius 3 is 1.11 bits per heavy atom. The first-order valence-corrected chi connectivity index (χ1v) is 6.10. The van der Waals surface area contributed by atoms with Crippen LogP contribution < -0.4 is 0 Å². The van der Waals surface area contributed by atoms with E-state index < -0.39 is 0 Å². The maximum absolute atomic E-state index is 7.91. The Bertz CT molecular complexity index is 282. The number of aliphatic hydroxyl groups excluding tert-OH is 1. The van der Waals surface area contributed by atoms with Crippen LogP contribution in [0, 0.1) is 0 Å². The molecule has 0 atom stereocenters. The van der Waals surface area contributed by atoms with Gasteiger partial charge in [-0.3, -0.25) is 0 Å². The van der Waals surface area contributed by atoms with Crippen LogP contribution >= 0.6 is 0 Å². The average Bonchev–Trinajstić information content (AvgIpc) is 2.43. The number of allylic oxidation sites excluding steroid dienone is 3. The molecule has 1 nitrogen and oxygen atoms in total. The predicted molar refractivity (Wildman–Crippen MR) is 88.2 cm³/mol. The molecule has 0 bridgehead atoms. The molecule has 0 saturated carbocycles. The lowest BCUT2D eigenvalue weighted by Crippen LogP contribution is -1.63. The van der Waals surface area contributed by atoms with Crippen molar-refractivity contribution in [2.45, 2.75) is 33.6 Å². The largest absolute Gasteiger partial charge is 0.392 e. The third-order valence-electron chi connectivity index (χ3n) is 1.14. The lowest BCUT2D eigenvalue weighted by Gasteiger charge is -1.61. The van der Waals surface area contributed by atoms with E-state index >= 15 is 0 Å². The predicted octanol–water partition coefficient (Wildman–Crippen LogP) is 5.14. The third-order valence-corrected chi connectivity index (χ3v) is 1.14. The Morgan fingerprint density at radius 2 is 1.11 bits per heavy atom. The highest BCUT2D eigenvalue weighted by Crippen LogP contribution is 1.69. The summed E-state index contributed by atoms with van der Waals surface area (Å²) in [6.45, 7) is 19.3. The van der Waals surface area contributed by atoms with Gasteiger partial charge in [-0.15, -0.1) is 22.9 Å². The van der Waals surface area contributed by atoms with Gasteiger partial charge in [0.05, 0.1) is 6.61 Å². The zero-order valence-electron chi connectivity index (χ0n) is 12.7. The molecule has 0 aromatic carbocycles. The van der Waals surface area contributed by atoms with E-state index in [1.807, 2.05) is 19.1 Å². The molecule has 106 valence electrons. The van der Waals surface area contributed by atoms with Crippen molar-refractivity contribution < 1.29 is 5.11 Å². The molecular weight excluding hydrogens is 232 g/mol. The van der Waals surface area contributed by atoms with Gasteiger partial charge in [0, 0.05) is 0 Å². The van der Waals surface area contributed by atoms with Gasteiger partial charge in [0.2, 0.25) is 0 Å². The van der Waals surface area contributed by atoms with Gasteiger partial charge in [0.25, 0.3) is 0 Å². The second-order valence-corrected chi connectivity index (χ2v) is 2.72. The van der Waals surface area contributed by atoms with Crippen LogP contribution in [0.25, 0.3) is 0 Å². The Hall–Kier alpha value is -1.96. The molecular formula is C18H28O. The highest BCUT2D eigenvalue weighted by Gasteiger charge is 1.50. The van der Waals surface area contributed by atoms with Crippen LogP contribution in [-0.2, 0) is 0 Å². The summed E-state index contributed by atoms with van der Waals surface area (Å²) < 4.78 is 0. The molecule has 0 rings (SSSR count). The Morgan fingerprint density at radius 1 is 0.789 bits per heavy atom. The van der Waals surface area contributed by atoms with E-state index in [9.17, 15) is 0 Å². The van der Waals surface area contributed by atoms with Crippen molar-refractivity contribution in [2.75, 3.05) is 6.61 Å². The Kier molecular flexibility index (Phi) is 60.2. The summed E-state index contributed by atoms with van der Waals surface area (Å²) in [6.07, 6.45) is 9.08. The van der Waals surface area contributed by atoms with Gasteiger partial charge in [-0.05, 0) is 44.1 Å². The Balaban J connectivity index is -0.0000000793. The lowest BCUT2D eigenvalue weighted by molar-refractivity contribution is 0.343. The summed E-state index contributed by atoms with van der Waals surface area (Å²) in [5.41, 5.74) is 10.2. The van der Waals surface area contributed by atoms with Crippen LogP contribution in [0.15, 0.2) is 73.5 Å². The molecule has 0 aromatic heterocycles. The van der Waals surface area contributed by atoms with Crippen molar-refractivity contribution in [1.29, 1.82) is 0 Å². The standard InChI is InChI=1S/2C5H8.C4H6O.C4H6/c2*1-3-5-4-2;1-2-3-4-5;1-3-4-2/h2*5H,1,4H2,2H3;3,5H,1,4H2;4H,1H2,2H3. The molecule has 1 heteroatoms. The van der Waals surface area contributed by atoms with Crippen LogP contribution in [0.2, 0.25) is 0 Å². The number of aliphatic hydroxyl groups is 1. The number of hydrogen-bond acceptors (Lipinski definition) is 1. The maximum atomic E-state index is 7.91. The smallest absolute Gasteiger partial charge is 0.0686 e. The highest BCUT2D eigenvalue weighted by atomic mass is 16.2. The first-order chi connectivity index (χ1) is 9.16. The molecule has 1 N–H and O–H groups in total. The van der Waals surface area contributed by atoms with Crippen molar-refractivity contribution in [1.82, 2.24) is 0 Å². The molecule has 0 aliphatic heterocycles. The maximum Gasteiger partial charge on any atom is 0.0686 e. The average molecular weight is 260 g/mol. The van der Waals surface area contributed by atoms with Crippen LogP contribution in [0.4, 0.5) is 0 Å². The van der Waals surface area contributed by atoms with Crippen LogP contribution in [0.5, 0.6) is 0 Å². The van der Waals surface area contributed by atoms with Gasteiger partial charge in [0.15, 0.2) is 0 Å². The summed E-state index contributed by atoms with van der Waals surface area (Å²) in [7, 11) is 0. The molecule has 0 amide bonds. The van der Waals surface area contributed by atoms with E-state index in [1.54, 1.807) is 6.08 Å². The van der Waals surface area contributed by atoms with E-state index in [0.717, 1.165) is 12.8 Å². The van der Waals surface area contributed by atoms with Gasteiger partial charge >= 0.3 is 0 Å². The molecule has 0 aliphatic rings. The molecule has 0 heterocycles. The normalized spacial score (nSPS) is 5.47. The second-order valence-electron chi connectivity index (χ2n) is 2.72. The fourth-order valence-corrected chi connectivity index (χ4v) is 0.353. The SMILES string of the molecule is C=C=CC.C=C=CCC.C=C=CCC.C=C=CCO. The minimum absolute atomic E-state index is 0.0451. The molecule has 19 heavy (non-hydrogen) atoms. The van der Waals surface area contributed by atoms with Gasteiger partial charge in [0.1, 0.15) is 0 Å². The summed E-state index contributed by atoms with van der Waals surface area (Å²) in [6, 6.07) is 0. The van der Waals surface area contributed by atoms with E-state index in [2.05, 4.69) is 63.1 Å². The summed E-state index contributed by atoms with van der Waals surface area (Å²) in [4.78, 5) is 0. The molecule has 0 aliphatic carbocycles. The van der Waals surface area contributed by atoms with Crippen molar-refractivity contribution in [3.63, 3.8) is 0 Å². The van der Waals surface area contributed by atoms with Crippen molar-refractivity contribution in [2.24, 2.45) is 0 Å². The lowest BCUT2D eigenvalue weighted by atomic mass is 10.5. The zero-order valence-corrected chi connectivity index (χ0v) is 12.7. The van der Waals surface area contributed by atoms with Crippen LogP contribution in [0.3, 0.4) is 0 Å². The van der Waals surface area contributed by atoms with Crippen molar-refractivity contribution >= 4 is 0 Å². The summed E-state index contributed by atoms with van der Waals surface area (Å²) in [5.74, 6) is 0. The van der Waals surface area contributed by atoms with Crippen molar-refractivity contribution in [3.05, 3.63) is 73.5 Å². The molecule has 0 fully saturated rings. The first-order valence-electron chi connectivity index (χ1n) is 6.10. The zero-order chi connectivity index (χ0) is 15.8. The minimum Gasteiger partial charge on any atom is -0.392 e. The molecule has 0 aromatic rings. The second kappa shape index (κ2) is 44.4. The van der Waals surface area contributed by atoms with E-state index in [0.29, 0.717) is 0 Å². The molecule has 0 unspecified atom stereocenters. The molecule has 0 radical (unpaired) electrons. The quantitative estimate of drug-likeness (QED) is 0.696. The van der Waals surface area contributed by atoms with Gasteiger partial charge < -0.3 is 5.11 Å². The summed E-state index contributed by atoms with van der Waals surface area (Å²) in [5, 5.41) is 7.91. The highest BCUT2D eigenvalue weighted by molar-refractivity contribution is 4.73. The summed E-state index contributed by atoms with van der Waals surface area (Å²) >= 11 is 0.